The predicted molar refractivity (Wildman–Crippen MR) is 82.3 cm³/mol. The topological polar surface area (TPSA) is 61.4 Å². The normalized spacial score (nSPS) is 15.3. The van der Waals surface area contributed by atoms with Gasteiger partial charge < -0.3 is 10.2 Å². The fourth-order valence-electron chi connectivity index (χ4n) is 1.88. The van der Waals surface area contributed by atoms with Crippen molar-refractivity contribution < 1.29 is 8.42 Å². The average molecular weight is 328 g/mol. The minimum Gasteiger partial charge on any atom is -0.369 e. The van der Waals surface area contributed by atoms with Gasteiger partial charge in [-0.2, -0.15) is 0 Å². The molecule has 0 atom stereocenters. The van der Waals surface area contributed by atoms with Gasteiger partial charge in [-0.15, -0.1) is 24.8 Å². The molecule has 1 aromatic rings. The number of rotatable bonds is 3. The molecule has 110 valence electrons. The molecule has 0 bridgehead atoms. The molecule has 0 aromatic heterocycles. The molecule has 1 aromatic carbocycles. The lowest BCUT2D eigenvalue weighted by Gasteiger charge is -2.29. The number of sulfonamides is 1. The van der Waals surface area contributed by atoms with Crippen molar-refractivity contribution in [2.24, 2.45) is 0 Å². The van der Waals surface area contributed by atoms with Crippen molar-refractivity contribution in [1.82, 2.24) is 10.0 Å². The zero-order valence-electron chi connectivity index (χ0n) is 10.6. The van der Waals surface area contributed by atoms with Crippen LogP contribution in [-0.4, -0.2) is 41.6 Å². The van der Waals surface area contributed by atoms with Crippen LogP contribution >= 0.6 is 24.8 Å². The molecule has 19 heavy (non-hydrogen) atoms. The highest BCUT2D eigenvalue weighted by Crippen LogP contribution is 2.18. The molecule has 0 aliphatic carbocycles. The third-order valence-electron chi connectivity index (χ3n) is 2.90. The zero-order valence-corrected chi connectivity index (χ0v) is 13.1. The zero-order chi connectivity index (χ0) is 12.3. The number of benzene rings is 1. The van der Waals surface area contributed by atoms with E-state index in [1.807, 2.05) is 12.1 Å². The Labute approximate surface area is 126 Å². The quantitative estimate of drug-likeness (QED) is 0.864. The third-order valence-corrected chi connectivity index (χ3v) is 4.33. The van der Waals surface area contributed by atoms with E-state index in [-0.39, 0.29) is 24.8 Å². The van der Waals surface area contributed by atoms with E-state index in [4.69, 9.17) is 0 Å². The van der Waals surface area contributed by atoms with Gasteiger partial charge in [0.2, 0.25) is 10.0 Å². The second-order valence-corrected chi connectivity index (χ2v) is 5.83. The van der Waals surface area contributed by atoms with Crippen LogP contribution in [0.15, 0.2) is 29.2 Å². The van der Waals surface area contributed by atoms with E-state index >= 15 is 0 Å². The fourth-order valence-corrected chi connectivity index (χ4v) is 2.61. The van der Waals surface area contributed by atoms with Crippen molar-refractivity contribution >= 4 is 40.5 Å². The Hall–Kier alpha value is -0.530. The molecular weight excluding hydrogens is 309 g/mol. The van der Waals surface area contributed by atoms with E-state index in [1.54, 1.807) is 12.1 Å². The molecule has 8 heteroatoms. The smallest absolute Gasteiger partial charge is 0.240 e. The number of anilines is 1. The van der Waals surface area contributed by atoms with Crippen LogP contribution in [0.25, 0.3) is 0 Å². The molecular formula is C11H19Cl2N3O2S. The first-order valence-electron chi connectivity index (χ1n) is 5.63. The van der Waals surface area contributed by atoms with Crippen molar-refractivity contribution in [3.8, 4) is 0 Å². The van der Waals surface area contributed by atoms with Gasteiger partial charge in [-0.05, 0) is 31.3 Å². The molecule has 2 N–H and O–H groups in total. The summed E-state index contributed by atoms with van der Waals surface area (Å²) < 4.78 is 25.4. The SMILES string of the molecule is CNS(=O)(=O)c1ccc(N2CCNCC2)cc1.Cl.Cl. The van der Waals surface area contributed by atoms with Crippen molar-refractivity contribution in [2.75, 3.05) is 38.1 Å². The first kappa shape index (κ1) is 18.5. The van der Waals surface area contributed by atoms with Crippen LogP contribution in [0.4, 0.5) is 5.69 Å². The van der Waals surface area contributed by atoms with E-state index in [1.165, 1.54) is 7.05 Å². The number of nitrogens with zero attached hydrogens (tertiary/aromatic N) is 1. The van der Waals surface area contributed by atoms with Gasteiger partial charge in [-0.3, -0.25) is 0 Å². The summed E-state index contributed by atoms with van der Waals surface area (Å²) in [4.78, 5) is 2.55. The highest BCUT2D eigenvalue weighted by molar-refractivity contribution is 7.89. The van der Waals surface area contributed by atoms with E-state index in [9.17, 15) is 8.42 Å². The maximum Gasteiger partial charge on any atom is 0.240 e. The van der Waals surface area contributed by atoms with Crippen molar-refractivity contribution in [1.29, 1.82) is 0 Å². The molecule has 0 unspecified atom stereocenters. The Morgan fingerprint density at radius 2 is 1.63 bits per heavy atom. The molecule has 0 spiro atoms. The Morgan fingerprint density at radius 3 is 2.11 bits per heavy atom. The largest absolute Gasteiger partial charge is 0.369 e. The minimum atomic E-state index is -3.33. The van der Waals surface area contributed by atoms with Crippen LogP contribution in [0.5, 0.6) is 0 Å². The molecule has 1 saturated heterocycles. The maximum absolute atomic E-state index is 11.6. The van der Waals surface area contributed by atoms with Crippen molar-refractivity contribution in [3.63, 3.8) is 0 Å². The van der Waals surface area contributed by atoms with Crippen molar-refractivity contribution in [3.05, 3.63) is 24.3 Å². The summed E-state index contributed by atoms with van der Waals surface area (Å²) in [7, 11) is -1.91. The Kier molecular flexibility index (Phi) is 7.69. The molecule has 5 nitrogen and oxygen atoms in total. The first-order valence-corrected chi connectivity index (χ1v) is 7.11. The molecule has 0 radical (unpaired) electrons. The average Bonchev–Trinajstić information content (AvgIpc) is 2.40. The highest BCUT2D eigenvalue weighted by atomic mass is 35.5. The van der Waals surface area contributed by atoms with Crippen molar-refractivity contribution in [2.45, 2.75) is 4.90 Å². The van der Waals surface area contributed by atoms with Crippen LogP contribution < -0.4 is 14.9 Å². The van der Waals surface area contributed by atoms with E-state index in [2.05, 4.69) is 14.9 Å². The Bertz CT molecular complexity index is 473. The van der Waals surface area contributed by atoms with E-state index in [0.29, 0.717) is 4.90 Å². The van der Waals surface area contributed by atoms with Gasteiger partial charge in [-0.1, -0.05) is 0 Å². The minimum absolute atomic E-state index is 0. The van der Waals surface area contributed by atoms with Gasteiger partial charge >= 0.3 is 0 Å². The Balaban J connectivity index is 0.00000162. The molecule has 1 aliphatic heterocycles. The molecule has 2 rings (SSSR count). The van der Waals surface area contributed by atoms with Gasteiger partial charge in [-0.25, -0.2) is 13.1 Å². The third kappa shape index (κ3) is 4.50. The number of halogens is 2. The highest BCUT2D eigenvalue weighted by Gasteiger charge is 2.13. The summed E-state index contributed by atoms with van der Waals surface area (Å²) in [5.74, 6) is 0. The number of hydrogen-bond donors (Lipinski definition) is 2. The second-order valence-electron chi connectivity index (χ2n) is 3.94. The maximum atomic E-state index is 11.6. The standard InChI is InChI=1S/C11H17N3O2S.2ClH/c1-12-17(15,16)11-4-2-10(3-5-11)14-8-6-13-7-9-14;;/h2-5,12-13H,6-9H2,1H3;2*1H. The van der Waals surface area contributed by atoms with Crippen LogP contribution in [0.2, 0.25) is 0 Å². The molecule has 0 saturated carbocycles. The van der Waals surface area contributed by atoms with Gasteiger partial charge in [0.15, 0.2) is 0 Å². The van der Waals surface area contributed by atoms with Gasteiger partial charge in [0.1, 0.15) is 0 Å². The van der Waals surface area contributed by atoms with Crippen LogP contribution in [-0.2, 0) is 10.0 Å². The van der Waals surface area contributed by atoms with Crippen LogP contribution in [0.3, 0.4) is 0 Å². The van der Waals surface area contributed by atoms with Crippen LogP contribution in [0.1, 0.15) is 0 Å². The van der Waals surface area contributed by atoms with Crippen LogP contribution in [0, 0.1) is 0 Å². The predicted octanol–water partition coefficient (Wildman–Crippen LogP) is 0.848. The molecule has 1 aliphatic rings. The van der Waals surface area contributed by atoms with Gasteiger partial charge in [0, 0.05) is 31.9 Å². The summed E-state index contributed by atoms with van der Waals surface area (Å²) >= 11 is 0. The summed E-state index contributed by atoms with van der Waals surface area (Å²) in [6.45, 7) is 3.85. The summed E-state index contributed by atoms with van der Waals surface area (Å²) in [5, 5.41) is 3.28. The molecule has 1 fully saturated rings. The van der Waals surface area contributed by atoms with Gasteiger partial charge in [0.05, 0.1) is 4.90 Å². The van der Waals surface area contributed by atoms with E-state index in [0.717, 1.165) is 31.9 Å². The summed E-state index contributed by atoms with van der Waals surface area (Å²) in [6, 6.07) is 7.00. The first-order chi connectivity index (χ1) is 8.13. The summed E-state index contributed by atoms with van der Waals surface area (Å²) in [5.41, 5.74) is 1.07. The second kappa shape index (κ2) is 7.91. The van der Waals surface area contributed by atoms with E-state index < -0.39 is 10.0 Å². The number of nitrogens with one attached hydrogen (secondary N) is 2. The Morgan fingerprint density at radius 1 is 1.11 bits per heavy atom. The summed E-state index contributed by atoms with van der Waals surface area (Å²) in [6.07, 6.45) is 0. The lowest BCUT2D eigenvalue weighted by Crippen LogP contribution is -2.43. The molecule has 1 heterocycles. The monoisotopic (exact) mass is 327 g/mol. The molecule has 0 amide bonds. The van der Waals surface area contributed by atoms with Gasteiger partial charge in [0.25, 0.3) is 0 Å². The fraction of sp³-hybridized carbons (Fsp3) is 0.455. The number of piperazine rings is 1. The lowest BCUT2D eigenvalue weighted by atomic mass is 10.2. The lowest BCUT2D eigenvalue weighted by molar-refractivity contribution is 0.586. The number of hydrogen-bond acceptors (Lipinski definition) is 4.